The Bertz CT molecular complexity index is 1520. The number of benzene rings is 2. The molecule has 160 valence electrons. The molecule has 1 atom stereocenters. The predicted octanol–water partition coefficient (Wildman–Crippen LogP) is 4.59. The molecule has 0 amide bonds. The van der Waals surface area contributed by atoms with Crippen molar-refractivity contribution in [2.45, 2.75) is 26.8 Å². The van der Waals surface area contributed by atoms with Crippen LogP contribution in [-0.2, 0) is 0 Å². The Morgan fingerprint density at radius 2 is 1.94 bits per heavy atom. The third-order valence-electron chi connectivity index (χ3n) is 5.59. The first kappa shape index (κ1) is 19.9. The van der Waals surface area contributed by atoms with E-state index in [0.29, 0.717) is 33.7 Å². The van der Waals surface area contributed by atoms with E-state index in [4.69, 9.17) is 0 Å². The van der Waals surface area contributed by atoms with E-state index < -0.39 is 5.82 Å². The van der Waals surface area contributed by atoms with Crippen molar-refractivity contribution < 1.29 is 4.39 Å². The van der Waals surface area contributed by atoms with Crippen LogP contribution < -0.4 is 10.9 Å². The summed E-state index contributed by atoms with van der Waals surface area (Å²) in [6, 6.07) is 12.0. The number of anilines is 1. The molecule has 0 radical (unpaired) electrons. The summed E-state index contributed by atoms with van der Waals surface area (Å²) in [7, 11) is 0. The molecule has 0 bridgehead atoms. The molecule has 3 heterocycles. The molecule has 0 fully saturated rings. The van der Waals surface area contributed by atoms with Crippen molar-refractivity contribution in [2.75, 3.05) is 5.32 Å². The van der Waals surface area contributed by atoms with E-state index in [9.17, 15) is 9.18 Å². The highest BCUT2D eigenvalue weighted by Gasteiger charge is 2.19. The van der Waals surface area contributed by atoms with Gasteiger partial charge in [-0.15, -0.1) is 0 Å². The Morgan fingerprint density at radius 1 is 1.09 bits per heavy atom. The monoisotopic (exact) mass is 428 g/mol. The number of nitrogens with zero attached hydrogens (tertiary/aromatic N) is 4. The predicted molar refractivity (Wildman–Crippen MR) is 123 cm³/mol. The van der Waals surface area contributed by atoms with Gasteiger partial charge in [-0.1, -0.05) is 18.2 Å². The number of nitrogens with one attached hydrogen (secondary N) is 2. The van der Waals surface area contributed by atoms with Crippen molar-refractivity contribution in [1.82, 2.24) is 24.5 Å². The van der Waals surface area contributed by atoms with Gasteiger partial charge in [0.25, 0.3) is 5.56 Å². The van der Waals surface area contributed by atoms with Crippen molar-refractivity contribution in [1.29, 1.82) is 0 Å². The van der Waals surface area contributed by atoms with Gasteiger partial charge in [0.15, 0.2) is 11.5 Å². The van der Waals surface area contributed by atoms with E-state index in [1.807, 2.05) is 44.2 Å². The van der Waals surface area contributed by atoms with E-state index in [0.717, 1.165) is 16.5 Å². The fraction of sp³-hybridized carbons (Fsp3) is 0.167. The third kappa shape index (κ3) is 3.30. The Hall–Kier alpha value is -4.07. The number of hydrogen-bond acceptors (Lipinski definition) is 5. The zero-order valence-electron chi connectivity index (χ0n) is 17.8. The average Bonchev–Trinajstić information content (AvgIpc) is 3.22. The molecule has 7 nitrogen and oxygen atoms in total. The molecule has 0 aliphatic carbocycles. The smallest absolute Gasteiger partial charge is 0.263 e. The summed E-state index contributed by atoms with van der Waals surface area (Å²) in [5.74, 6) is 0.178. The summed E-state index contributed by atoms with van der Waals surface area (Å²) < 4.78 is 15.9. The van der Waals surface area contributed by atoms with Gasteiger partial charge in [0.2, 0.25) is 0 Å². The van der Waals surface area contributed by atoms with Crippen LogP contribution in [-0.4, -0.2) is 24.5 Å². The minimum absolute atomic E-state index is 0.191. The van der Waals surface area contributed by atoms with Gasteiger partial charge in [-0.3, -0.25) is 9.36 Å². The molecular weight excluding hydrogens is 407 g/mol. The average molecular weight is 428 g/mol. The molecule has 3 aromatic heterocycles. The van der Waals surface area contributed by atoms with Gasteiger partial charge in [-0.05, 0) is 61.5 Å². The fourth-order valence-corrected chi connectivity index (χ4v) is 4.14. The lowest BCUT2D eigenvalue weighted by Gasteiger charge is -2.22. The summed E-state index contributed by atoms with van der Waals surface area (Å²) in [4.78, 5) is 29.4. The number of fused-ring (bicyclic) bond motifs is 2. The zero-order chi connectivity index (χ0) is 22.4. The van der Waals surface area contributed by atoms with Crippen LogP contribution in [0, 0.1) is 19.7 Å². The third-order valence-corrected chi connectivity index (χ3v) is 5.59. The molecule has 5 aromatic rings. The number of rotatable bonds is 4. The molecule has 0 spiro atoms. The quantitative estimate of drug-likeness (QED) is 0.437. The van der Waals surface area contributed by atoms with Gasteiger partial charge in [0.1, 0.15) is 17.7 Å². The largest absolute Gasteiger partial charge is 0.360 e. The Kier molecular flexibility index (Phi) is 4.70. The second kappa shape index (κ2) is 7.56. The van der Waals surface area contributed by atoms with Crippen molar-refractivity contribution in [3.05, 3.63) is 88.1 Å². The van der Waals surface area contributed by atoms with Crippen LogP contribution in [0.4, 0.5) is 10.2 Å². The first-order valence-electron chi connectivity index (χ1n) is 10.3. The number of pyridine rings is 1. The zero-order valence-corrected chi connectivity index (χ0v) is 17.8. The van der Waals surface area contributed by atoms with Gasteiger partial charge in [0, 0.05) is 5.69 Å². The molecule has 32 heavy (non-hydrogen) atoms. The summed E-state index contributed by atoms with van der Waals surface area (Å²) >= 11 is 0. The maximum absolute atomic E-state index is 14.3. The number of aryl methyl sites for hydroxylation is 2. The van der Waals surface area contributed by atoms with Crippen molar-refractivity contribution in [3.63, 3.8) is 0 Å². The summed E-state index contributed by atoms with van der Waals surface area (Å²) in [5.41, 5.74) is 3.80. The number of aromatic amines is 1. The lowest BCUT2D eigenvalue weighted by Crippen LogP contribution is -2.26. The number of halogens is 1. The van der Waals surface area contributed by atoms with Gasteiger partial charge in [-0.25, -0.2) is 19.3 Å². The molecule has 0 saturated heterocycles. The Balaban J connectivity index is 1.74. The maximum Gasteiger partial charge on any atom is 0.263 e. The molecule has 2 aromatic carbocycles. The second-order valence-corrected chi connectivity index (χ2v) is 7.93. The highest BCUT2D eigenvalue weighted by molar-refractivity contribution is 5.86. The first-order chi connectivity index (χ1) is 15.4. The summed E-state index contributed by atoms with van der Waals surface area (Å²) in [5, 5.41) is 4.80. The summed E-state index contributed by atoms with van der Waals surface area (Å²) in [6.45, 7) is 5.65. The van der Waals surface area contributed by atoms with Gasteiger partial charge in [0.05, 0.1) is 23.4 Å². The number of hydrogen-bond donors (Lipinski definition) is 2. The van der Waals surface area contributed by atoms with Crippen LogP contribution in [0.1, 0.15) is 29.8 Å². The SMILES string of the molecule is Cc1cc(F)cc(-n2c(C(C)Nc3ncnc4nc[nH]c34)cc3cccc(C)c3c2=O)c1. The molecule has 0 aliphatic heterocycles. The van der Waals surface area contributed by atoms with Crippen LogP contribution in [0.25, 0.3) is 27.6 Å². The maximum atomic E-state index is 14.3. The minimum Gasteiger partial charge on any atom is -0.360 e. The lowest BCUT2D eigenvalue weighted by atomic mass is 10.0. The van der Waals surface area contributed by atoms with Gasteiger partial charge >= 0.3 is 0 Å². The molecule has 5 rings (SSSR count). The molecule has 0 saturated carbocycles. The van der Waals surface area contributed by atoms with Crippen LogP contribution in [0.3, 0.4) is 0 Å². The standard InChI is InChI=1S/C24H21FN6O/c1-13-7-17(25)10-18(8-13)31-19(9-16-6-4-5-14(2)20(16)24(31)32)15(3)30-23-21-22(27-11-26-21)28-12-29-23/h4-12,15H,1-3H3,(H2,26,27,28,29,30). The van der Waals surface area contributed by atoms with Gasteiger partial charge < -0.3 is 10.3 Å². The molecule has 2 N–H and O–H groups in total. The highest BCUT2D eigenvalue weighted by Crippen LogP contribution is 2.27. The first-order valence-corrected chi connectivity index (χ1v) is 10.3. The minimum atomic E-state index is -0.390. The van der Waals surface area contributed by atoms with Crippen LogP contribution in [0.5, 0.6) is 0 Å². The lowest BCUT2D eigenvalue weighted by molar-refractivity contribution is 0.624. The van der Waals surface area contributed by atoms with Crippen LogP contribution in [0.2, 0.25) is 0 Å². The van der Waals surface area contributed by atoms with Crippen LogP contribution >= 0.6 is 0 Å². The van der Waals surface area contributed by atoms with Gasteiger partial charge in [-0.2, -0.15) is 0 Å². The molecule has 8 heteroatoms. The van der Waals surface area contributed by atoms with E-state index in [-0.39, 0.29) is 11.6 Å². The number of aromatic nitrogens is 5. The van der Waals surface area contributed by atoms with Crippen molar-refractivity contribution in [3.8, 4) is 5.69 Å². The van der Waals surface area contributed by atoms with Crippen LogP contribution in [0.15, 0.2) is 59.9 Å². The molecule has 0 aliphatic rings. The second-order valence-electron chi connectivity index (χ2n) is 7.93. The molecule has 1 unspecified atom stereocenters. The highest BCUT2D eigenvalue weighted by atomic mass is 19.1. The van der Waals surface area contributed by atoms with E-state index in [2.05, 4.69) is 25.3 Å². The number of H-pyrrole nitrogens is 1. The topological polar surface area (TPSA) is 88.5 Å². The fourth-order valence-electron chi connectivity index (χ4n) is 4.14. The van der Waals surface area contributed by atoms with E-state index >= 15 is 0 Å². The Labute approximate surface area is 183 Å². The Morgan fingerprint density at radius 3 is 2.75 bits per heavy atom. The molecular formula is C24H21FN6O. The van der Waals surface area contributed by atoms with E-state index in [1.165, 1.54) is 18.5 Å². The van der Waals surface area contributed by atoms with E-state index in [1.54, 1.807) is 17.8 Å². The van der Waals surface area contributed by atoms with Crippen molar-refractivity contribution >= 4 is 27.8 Å². The van der Waals surface area contributed by atoms with Crippen molar-refractivity contribution in [2.24, 2.45) is 0 Å². The normalized spacial score (nSPS) is 12.4. The summed E-state index contributed by atoms with van der Waals surface area (Å²) in [6.07, 6.45) is 2.99. The number of imidazole rings is 1.